The topological polar surface area (TPSA) is 41.1 Å². The van der Waals surface area contributed by atoms with Gasteiger partial charge in [-0.3, -0.25) is 0 Å². The number of rotatable bonds is 5. The van der Waals surface area contributed by atoms with Crippen LogP contribution < -0.4 is 30.3 Å². The zero-order chi connectivity index (χ0) is 12.8. The fourth-order valence-corrected chi connectivity index (χ4v) is 4.18. The number of fused-ring (bicyclic) bond motifs is 1. The molecule has 1 aromatic carbocycles. The molecule has 4 heteroatoms. The van der Waals surface area contributed by atoms with Gasteiger partial charge in [0.15, 0.2) is 0 Å². The van der Waals surface area contributed by atoms with E-state index >= 15 is 0 Å². The van der Waals surface area contributed by atoms with Crippen LogP contribution in [0.15, 0.2) is 24.3 Å². The second kappa shape index (κ2) is 7.09. The molecule has 0 saturated heterocycles. The quantitative estimate of drug-likeness (QED) is 0.295. The van der Waals surface area contributed by atoms with E-state index in [-0.39, 0.29) is 33.4 Å². The molecule has 1 heterocycles. The third kappa shape index (κ3) is 3.68. The van der Waals surface area contributed by atoms with E-state index in [1.807, 2.05) is 6.07 Å². The molecule has 0 aromatic heterocycles. The average molecular weight is 359 g/mol. The standard InChI is InChI=1S/C14H20IN2O/c1-2-3-8-15-17-14(18)13-9-11-6-4-5-7-12(11)10-16-13/h4-7,13,16H,2-3,8-10H2,1H3,(H,17,18)/q-1/t13-/m0/s1. The Bertz CT molecular complexity index is 409. The normalized spacial score (nSPS) is 18.4. The minimum absolute atomic E-state index is 0.0405. The van der Waals surface area contributed by atoms with Crippen LogP contribution in [0.4, 0.5) is 0 Å². The molecule has 1 aliphatic rings. The molecule has 2 rings (SSSR count). The minimum atomic E-state index is -0.157. The molecule has 0 aliphatic carbocycles. The molecule has 0 saturated carbocycles. The Labute approximate surface area is 119 Å². The molecule has 0 fully saturated rings. The number of unbranched alkanes of at least 4 members (excludes halogenated alkanes) is 1. The molecular weight excluding hydrogens is 339 g/mol. The van der Waals surface area contributed by atoms with Gasteiger partial charge in [-0.05, 0) is 0 Å². The molecule has 100 valence electrons. The van der Waals surface area contributed by atoms with Gasteiger partial charge >= 0.3 is 120 Å². The van der Waals surface area contributed by atoms with E-state index in [1.165, 1.54) is 28.4 Å². The maximum absolute atomic E-state index is 12.0. The first-order valence-electron chi connectivity index (χ1n) is 6.49. The molecule has 18 heavy (non-hydrogen) atoms. The van der Waals surface area contributed by atoms with E-state index in [2.05, 4.69) is 34.0 Å². The Morgan fingerprint density at radius 2 is 2.22 bits per heavy atom. The van der Waals surface area contributed by atoms with Gasteiger partial charge in [0.1, 0.15) is 0 Å². The number of amides is 1. The van der Waals surface area contributed by atoms with Gasteiger partial charge in [0, 0.05) is 0 Å². The monoisotopic (exact) mass is 359 g/mol. The van der Waals surface area contributed by atoms with Gasteiger partial charge in [-0.2, -0.15) is 0 Å². The van der Waals surface area contributed by atoms with E-state index < -0.39 is 0 Å². The van der Waals surface area contributed by atoms with Gasteiger partial charge in [-0.15, -0.1) is 0 Å². The Hall–Kier alpha value is -0.620. The molecule has 1 aliphatic heterocycles. The van der Waals surface area contributed by atoms with Gasteiger partial charge in [0.2, 0.25) is 0 Å². The van der Waals surface area contributed by atoms with Crippen LogP contribution in [0.25, 0.3) is 0 Å². The van der Waals surface area contributed by atoms with Crippen molar-refractivity contribution in [1.82, 2.24) is 8.85 Å². The van der Waals surface area contributed by atoms with Gasteiger partial charge in [0.05, 0.1) is 0 Å². The van der Waals surface area contributed by atoms with Crippen LogP contribution in [0.1, 0.15) is 30.9 Å². The third-order valence-corrected chi connectivity index (χ3v) is 5.35. The van der Waals surface area contributed by atoms with E-state index in [0.29, 0.717) is 0 Å². The molecule has 1 aromatic rings. The average Bonchev–Trinajstić information content (AvgIpc) is 2.43. The van der Waals surface area contributed by atoms with Crippen LogP contribution in [-0.4, -0.2) is 16.4 Å². The van der Waals surface area contributed by atoms with Gasteiger partial charge < -0.3 is 0 Å². The number of carbonyl (C=O) groups excluding carboxylic acids is 1. The Kier molecular flexibility index (Phi) is 5.44. The molecule has 2 N–H and O–H groups in total. The summed E-state index contributed by atoms with van der Waals surface area (Å²) in [5.41, 5.74) is 2.63. The summed E-state index contributed by atoms with van der Waals surface area (Å²) in [7, 11) is 0. The van der Waals surface area contributed by atoms with Crippen molar-refractivity contribution in [2.75, 3.05) is 4.43 Å². The van der Waals surface area contributed by atoms with Crippen LogP contribution in [0.2, 0.25) is 0 Å². The second-order valence-corrected chi connectivity index (χ2v) is 6.92. The van der Waals surface area contributed by atoms with Crippen molar-refractivity contribution in [3.63, 3.8) is 0 Å². The van der Waals surface area contributed by atoms with Crippen molar-refractivity contribution < 1.29 is 26.3 Å². The van der Waals surface area contributed by atoms with Crippen LogP contribution in [0, 0.1) is 0 Å². The first-order chi connectivity index (χ1) is 8.81. The van der Waals surface area contributed by atoms with E-state index in [0.717, 1.165) is 13.0 Å². The number of benzene rings is 1. The zero-order valence-electron chi connectivity index (χ0n) is 10.7. The fraction of sp³-hybridized carbons (Fsp3) is 0.500. The van der Waals surface area contributed by atoms with E-state index in [4.69, 9.17) is 0 Å². The summed E-state index contributed by atoms with van der Waals surface area (Å²) in [5.74, 6) is 0.188. The predicted octanol–water partition coefficient (Wildman–Crippen LogP) is -1.38. The first-order valence-corrected chi connectivity index (χ1v) is 9.10. The summed E-state index contributed by atoms with van der Waals surface area (Å²) >= 11 is -0.157. The number of hydrogen-bond acceptors (Lipinski definition) is 2. The number of nitrogens with one attached hydrogen (secondary N) is 2. The zero-order valence-corrected chi connectivity index (χ0v) is 12.9. The second-order valence-electron chi connectivity index (χ2n) is 4.54. The molecule has 3 nitrogen and oxygen atoms in total. The van der Waals surface area contributed by atoms with Gasteiger partial charge in [-0.25, -0.2) is 0 Å². The molecule has 0 unspecified atom stereocenters. The third-order valence-electron chi connectivity index (χ3n) is 3.14. The number of halogens is 1. The Morgan fingerprint density at radius 1 is 1.44 bits per heavy atom. The summed E-state index contributed by atoms with van der Waals surface area (Å²) in [6, 6.07) is 8.32. The summed E-state index contributed by atoms with van der Waals surface area (Å²) in [6.07, 6.45) is 3.26. The summed E-state index contributed by atoms with van der Waals surface area (Å²) in [6.45, 7) is 2.99. The van der Waals surface area contributed by atoms with Crippen LogP contribution in [-0.2, 0) is 17.8 Å². The van der Waals surface area contributed by atoms with Crippen LogP contribution >= 0.6 is 0 Å². The molecule has 0 spiro atoms. The van der Waals surface area contributed by atoms with Crippen LogP contribution in [0.5, 0.6) is 0 Å². The first kappa shape index (κ1) is 13.8. The molecular formula is C14H20IN2O-. The number of carbonyl (C=O) groups is 1. The van der Waals surface area contributed by atoms with Crippen molar-refractivity contribution in [2.24, 2.45) is 0 Å². The van der Waals surface area contributed by atoms with Gasteiger partial charge in [0.25, 0.3) is 0 Å². The molecule has 0 radical (unpaired) electrons. The van der Waals surface area contributed by atoms with Crippen molar-refractivity contribution >= 4 is 5.91 Å². The summed E-state index contributed by atoms with van der Waals surface area (Å²) in [4.78, 5) is 12.0. The number of hydrogen-bond donors (Lipinski definition) is 2. The fourth-order valence-electron chi connectivity index (χ4n) is 2.02. The predicted molar refractivity (Wildman–Crippen MR) is 68.7 cm³/mol. The SMILES string of the molecule is CCCC[I-]NC(=O)[C@@H]1Cc2ccccc2CN1. The van der Waals surface area contributed by atoms with Crippen molar-refractivity contribution in [3.8, 4) is 0 Å². The van der Waals surface area contributed by atoms with Crippen molar-refractivity contribution in [2.45, 2.75) is 38.8 Å². The summed E-state index contributed by atoms with van der Waals surface area (Å²) < 4.78 is 4.31. The maximum atomic E-state index is 12.0. The van der Waals surface area contributed by atoms with Crippen LogP contribution in [0.3, 0.4) is 0 Å². The Balaban J connectivity index is 1.83. The molecule has 1 atom stereocenters. The van der Waals surface area contributed by atoms with Gasteiger partial charge in [-0.1, -0.05) is 0 Å². The number of alkyl halides is 1. The van der Waals surface area contributed by atoms with Crippen molar-refractivity contribution in [1.29, 1.82) is 0 Å². The Morgan fingerprint density at radius 3 is 3.00 bits per heavy atom. The molecule has 0 bridgehead atoms. The van der Waals surface area contributed by atoms with Crippen molar-refractivity contribution in [3.05, 3.63) is 35.4 Å². The molecule has 1 amide bonds. The summed E-state index contributed by atoms with van der Waals surface area (Å²) in [5, 5.41) is 3.32. The van der Waals surface area contributed by atoms with E-state index in [9.17, 15) is 4.79 Å². The van der Waals surface area contributed by atoms with E-state index in [1.54, 1.807) is 0 Å².